The average Bonchev–Trinajstić information content (AvgIpc) is 2.61. The van der Waals surface area contributed by atoms with Crippen molar-refractivity contribution in [1.29, 1.82) is 0 Å². The van der Waals surface area contributed by atoms with Crippen LogP contribution < -0.4 is 10.2 Å². The van der Waals surface area contributed by atoms with Crippen molar-refractivity contribution in [2.75, 3.05) is 44.3 Å². The molecule has 7 heteroatoms. The normalized spacial score (nSPS) is 17.6. The number of carbonyl (C=O) groups excluding carboxylic acids is 1. The zero-order valence-electron chi connectivity index (χ0n) is 14.7. The molecule has 3 rings (SSSR count). The predicted octanol–water partition coefficient (Wildman–Crippen LogP) is 1.49. The van der Waals surface area contributed by atoms with Crippen LogP contribution in [-0.4, -0.2) is 60.3 Å². The van der Waals surface area contributed by atoms with Gasteiger partial charge in [-0.2, -0.15) is 0 Å². The second kappa shape index (κ2) is 7.79. The van der Waals surface area contributed by atoms with Crippen LogP contribution in [0.15, 0.2) is 0 Å². The lowest BCUT2D eigenvalue weighted by Crippen LogP contribution is -2.45. The van der Waals surface area contributed by atoms with Gasteiger partial charge in [0.05, 0.1) is 25.5 Å². The fourth-order valence-electron chi connectivity index (χ4n) is 3.21. The summed E-state index contributed by atoms with van der Waals surface area (Å²) >= 11 is 0. The van der Waals surface area contributed by atoms with Crippen molar-refractivity contribution in [2.24, 2.45) is 0 Å². The summed E-state index contributed by atoms with van der Waals surface area (Å²) in [6.45, 7) is 9.21. The highest BCUT2D eigenvalue weighted by Crippen LogP contribution is 2.27. The number of aromatic nitrogens is 2. The van der Waals surface area contributed by atoms with Crippen molar-refractivity contribution < 1.29 is 9.53 Å². The van der Waals surface area contributed by atoms with Crippen LogP contribution in [-0.2, 0) is 17.7 Å². The van der Waals surface area contributed by atoms with Crippen LogP contribution in [0.5, 0.6) is 0 Å². The van der Waals surface area contributed by atoms with E-state index in [1.165, 1.54) is 0 Å². The predicted molar refractivity (Wildman–Crippen MR) is 92.2 cm³/mol. The first-order valence-electron chi connectivity index (χ1n) is 8.91. The molecule has 24 heavy (non-hydrogen) atoms. The number of anilines is 1. The van der Waals surface area contributed by atoms with Gasteiger partial charge in [0.1, 0.15) is 11.6 Å². The molecular formula is C17H27N5O2. The summed E-state index contributed by atoms with van der Waals surface area (Å²) in [6, 6.07) is 0.0163. The third kappa shape index (κ3) is 3.77. The van der Waals surface area contributed by atoms with Gasteiger partial charge < -0.3 is 19.9 Å². The number of unbranched alkanes of at least 4 members (excludes halogenated alkanes) is 1. The number of hydrogen-bond acceptors (Lipinski definition) is 5. The van der Waals surface area contributed by atoms with E-state index in [1.54, 1.807) is 0 Å². The van der Waals surface area contributed by atoms with Crippen LogP contribution in [0.2, 0.25) is 0 Å². The maximum absolute atomic E-state index is 12.4. The van der Waals surface area contributed by atoms with Gasteiger partial charge in [-0.15, -0.1) is 0 Å². The number of hydrogen-bond donors (Lipinski definition) is 1. The van der Waals surface area contributed by atoms with Gasteiger partial charge in [0.25, 0.3) is 0 Å². The molecule has 0 spiro atoms. The van der Waals surface area contributed by atoms with Crippen LogP contribution in [0.4, 0.5) is 10.6 Å². The van der Waals surface area contributed by atoms with Crippen molar-refractivity contribution in [2.45, 2.75) is 39.7 Å². The number of nitrogens with zero attached hydrogens (tertiary/aromatic N) is 4. The van der Waals surface area contributed by atoms with Gasteiger partial charge in [0.2, 0.25) is 0 Å². The van der Waals surface area contributed by atoms with Crippen LogP contribution in [0.3, 0.4) is 0 Å². The molecule has 7 nitrogen and oxygen atoms in total. The molecule has 1 saturated heterocycles. The molecule has 132 valence electrons. The Hall–Kier alpha value is -1.89. The van der Waals surface area contributed by atoms with Crippen molar-refractivity contribution in [3.05, 3.63) is 17.1 Å². The maximum Gasteiger partial charge on any atom is 0.317 e. The molecule has 3 heterocycles. The lowest BCUT2D eigenvalue weighted by atomic mass is 10.1. The molecule has 0 radical (unpaired) electrons. The van der Waals surface area contributed by atoms with E-state index in [1.807, 2.05) is 11.8 Å². The molecule has 2 aliphatic rings. The molecule has 2 aliphatic heterocycles. The van der Waals surface area contributed by atoms with Crippen molar-refractivity contribution in [3.63, 3.8) is 0 Å². The van der Waals surface area contributed by atoms with Gasteiger partial charge in [0.15, 0.2) is 0 Å². The number of carbonyl (C=O) groups is 1. The number of nitrogens with one attached hydrogen (secondary N) is 1. The summed E-state index contributed by atoms with van der Waals surface area (Å²) in [4.78, 5) is 25.8. The van der Waals surface area contributed by atoms with Gasteiger partial charge in [-0.05, 0) is 13.3 Å². The van der Waals surface area contributed by atoms with Gasteiger partial charge in [0, 0.05) is 38.2 Å². The first-order chi connectivity index (χ1) is 11.7. The molecule has 0 atom stereocenters. The fourth-order valence-corrected chi connectivity index (χ4v) is 3.21. The zero-order valence-corrected chi connectivity index (χ0v) is 14.7. The Morgan fingerprint density at radius 3 is 2.79 bits per heavy atom. The molecule has 1 N–H and O–H groups in total. The summed E-state index contributed by atoms with van der Waals surface area (Å²) in [6.07, 6.45) is 2.88. The number of fused-ring (bicyclic) bond motifs is 1. The third-order valence-electron chi connectivity index (χ3n) is 4.55. The molecule has 0 bridgehead atoms. The Morgan fingerprint density at radius 2 is 2.04 bits per heavy atom. The molecular weight excluding hydrogens is 306 g/mol. The number of morpholine rings is 1. The summed E-state index contributed by atoms with van der Waals surface area (Å²) in [5, 5.41) is 3.01. The van der Waals surface area contributed by atoms with Gasteiger partial charge in [-0.1, -0.05) is 13.3 Å². The van der Waals surface area contributed by atoms with E-state index in [4.69, 9.17) is 4.74 Å². The molecule has 1 aromatic heterocycles. The quantitative estimate of drug-likeness (QED) is 0.846. The number of aryl methyl sites for hydroxylation is 1. The van der Waals surface area contributed by atoms with Crippen molar-refractivity contribution in [1.82, 2.24) is 20.2 Å². The summed E-state index contributed by atoms with van der Waals surface area (Å²) in [5.74, 6) is 1.78. The molecule has 2 amide bonds. The largest absolute Gasteiger partial charge is 0.378 e. The second-order valence-corrected chi connectivity index (χ2v) is 6.38. The average molecular weight is 333 g/mol. The third-order valence-corrected chi connectivity index (χ3v) is 4.55. The van der Waals surface area contributed by atoms with E-state index in [2.05, 4.69) is 27.1 Å². The Bertz CT molecular complexity index is 587. The number of urea groups is 1. The Kier molecular flexibility index (Phi) is 5.50. The Balaban J connectivity index is 1.77. The number of ether oxygens (including phenoxy) is 1. The first-order valence-corrected chi connectivity index (χ1v) is 8.91. The highest BCUT2D eigenvalue weighted by atomic mass is 16.5. The lowest BCUT2D eigenvalue weighted by molar-refractivity contribution is 0.122. The monoisotopic (exact) mass is 333 g/mol. The minimum atomic E-state index is 0.0163. The minimum absolute atomic E-state index is 0.0163. The van der Waals surface area contributed by atoms with Crippen LogP contribution in [0.1, 0.15) is 36.8 Å². The molecule has 0 aliphatic carbocycles. The molecule has 0 aromatic carbocycles. The van der Waals surface area contributed by atoms with E-state index in [0.29, 0.717) is 13.1 Å². The van der Waals surface area contributed by atoms with E-state index in [9.17, 15) is 4.79 Å². The van der Waals surface area contributed by atoms with E-state index in [0.717, 1.165) is 75.0 Å². The number of rotatable bonds is 4. The molecule has 1 aromatic rings. The van der Waals surface area contributed by atoms with Crippen molar-refractivity contribution >= 4 is 11.8 Å². The minimum Gasteiger partial charge on any atom is -0.378 e. The highest BCUT2D eigenvalue weighted by molar-refractivity contribution is 5.74. The van der Waals surface area contributed by atoms with Crippen molar-refractivity contribution in [3.8, 4) is 0 Å². The standard InChI is InChI=1S/C17H27N5O2/c1-3-4-6-18-17(23)22-7-5-15-14(12-22)16(20-13(2)19-15)21-8-10-24-11-9-21/h3-12H2,1-2H3,(H,18,23). The maximum atomic E-state index is 12.4. The first kappa shape index (κ1) is 17.0. The highest BCUT2D eigenvalue weighted by Gasteiger charge is 2.27. The second-order valence-electron chi connectivity index (χ2n) is 6.38. The number of amides is 2. The Labute approximate surface area is 143 Å². The van der Waals surface area contributed by atoms with Crippen LogP contribution in [0.25, 0.3) is 0 Å². The zero-order chi connectivity index (χ0) is 16.9. The summed E-state index contributed by atoms with van der Waals surface area (Å²) < 4.78 is 5.45. The topological polar surface area (TPSA) is 70.6 Å². The summed E-state index contributed by atoms with van der Waals surface area (Å²) in [7, 11) is 0. The van der Waals surface area contributed by atoms with Gasteiger partial charge >= 0.3 is 6.03 Å². The molecule has 1 fully saturated rings. The fraction of sp³-hybridized carbons (Fsp3) is 0.706. The van der Waals surface area contributed by atoms with E-state index in [-0.39, 0.29) is 6.03 Å². The lowest BCUT2D eigenvalue weighted by Gasteiger charge is -2.34. The van der Waals surface area contributed by atoms with Crippen LogP contribution in [0, 0.1) is 6.92 Å². The Morgan fingerprint density at radius 1 is 1.25 bits per heavy atom. The van der Waals surface area contributed by atoms with E-state index >= 15 is 0 Å². The van der Waals surface area contributed by atoms with Gasteiger partial charge in [-0.25, -0.2) is 14.8 Å². The summed E-state index contributed by atoms with van der Waals surface area (Å²) in [5.41, 5.74) is 2.18. The molecule has 0 saturated carbocycles. The van der Waals surface area contributed by atoms with E-state index < -0.39 is 0 Å². The van der Waals surface area contributed by atoms with Crippen LogP contribution >= 0.6 is 0 Å². The van der Waals surface area contributed by atoms with Gasteiger partial charge in [-0.3, -0.25) is 0 Å². The molecule has 0 unspecified atom stereocenters. The smallest absolute Gasteiger partial charge is 0.317 e. The SMILES string of the molecule is CCCCNC(=O)N1CCc2nc(C)nc(N3CCOCC3)c2C1.